The molecule has 21 heavy (non-hydrogen) atoms. The summed E-state index contributed by atoms with van der Waals surface area (Å²) >= 11 is 7.37. The van der Waals surface area contributed by atoms with Gasteiger partial charge in [0.25, 0.3) is 0 Å². The van der Waals surface area contributed by atoms with Gasteiger partial charge < -0.3 is 4.42 Å². The number of aromatic nitrogens is 1. The van der Waals surface area contributed by atoms with Gasteiger partial charge >= 0.3 is 5.76 Å². The fraction of sp³-hybridized carbons (Fsp3) is 0.188. The molecule has 0 aliphatic carbocycles. The van der Waals surface area contributed by atoms with Gasteiger partial charge in [-0.3, -0.25) is 4.57 Å². The number of nitrogens with zero attached hydrogens (tertiary/aromatic N) is 1. The van der Waals surface area contributed by atoms with E-state index in [1.54, 1.807) is 7.05 Å². The largest absolute Gasteiger partial charge is 0.419 e. The van der Waals surface area contributed by atoms with Crippen LogP contribution in [0.25, 0.3) is 11.1 Å². The molecular weight excluding hydrogens is 398 g/mol. The standard InChI is InChI=1S/C16H13Br2NO2/c1-9-4-3-5-11(14(9)17)15(18)10-6-7-12-13(8-10)21-16(20)19(12)2/h3-8,15H,1-2H3. The van der Waals surface area contributed by atoms with Crippen LogP contribution in [0.3, 0.4) is 0 Å². The molecule has 1 unspecified atom stereocenters. The third-order valence-corrected chi connectivity index (χ3v) is 5.71. The summed E-state index contributed by atoms with van der Waals surface area (Å²) in [5, 5.41) is 0. The van der Waals surface area contributed by atoms with Crippen molar-refractivity contribution in [3.05, 3.63) is 68.1 Å². The van der Waals surface area contributed by atoms with E-state index in [2.05, 4.69) is 50.9 Å². The molecule has 1 heterocycles. The van der Waals surface area contributed by atoms with E-state index in [1.807, 2.05) is 24.3 Å². The average molecular weight is 411 g/mol. The van der Waals surface area contributed by atoms with Crippen molar-refractivity contribution < 1.29 is 4.42 Å². The molecule has 0 N–H and O–H groups in total. The molecule has 0 spiro atoms. The minimum absolute atomic E-state index is 0.0293. The number of rotatable bonds is 2. The minimum Gasteiger partial charge on any atom is -0.408 e. The molecule has 1 aromatic heterocycles. The lowest BCUT2D eigenvalue weighted by atomic mass is 10.0. The molecule has 2 aromatic carbocycles. The Bertz CT molecular complexity index is 880. The summed E-state index contributed by atoms with van der Waals surface area (Å²) in [6.07, 6.45) is 0. The van der Waals surface area contributed by atoms with Gasteiger partial charge in [0.15, 0.2) is 5.58 Å². The molecule has 0 aliphatic heterocycles. The Labute approximate surface area is 138 Å². The second-order valence-electron chi connectivity index (χ2n) is 4.99. The first-order chi connectivity index (χ1) is 9.99. The highest BCUT2D eigenvalue weighted by molar-refractivity contribution is 9.11. The molecule has 0 saturated heterocycles. The Morgan fingerprint density at radius 3 is 2.76 bits per heavy atom. The van der Waals surface area contributed by atoms with Crippen LogP contribution in [-0.2, 0) is 7.05 Å². The van der Waals surface area contributed by atoms with Gasteiger partial charge in [-0.05, 0) is 35.7 Å². The molecule has 108 valence electrons. The molecule has 3 rings (SSSR count). The predicted molar refractivity (Wildman–Crippen MR) is 91.1 cm³/mol. The molecule has 0 fully saturated rings. The van der Waals surface area contributed by atoms with Gasteiger partial charge in [-0.1, -0.05) is 56.1 Å². The van der Waals surface area contributed by atoms with Crippen molar-refractivity contribution in [2.24, 2.45) is 7.05 Å². The summed E-state index contributed by atoms with van der Waals surface area (Å²) in [7, 11) is 1.70. The van der Waals surface area contributed by atoms with Crippen molar-refractivity contribution in [3.63, 3.8) is 0 Å². The van der Waals surface area contributed by atoms with E-state index in [-0.39, 0.29) is 10.6 Å². The zero-order valence-electron chi connectivity index (χ0n) is 11.6. The molecule has 1 atom stereocenters. The number of oxazole rings is 1. The van der Waals surface area contributed by atoms with Crippen LogP contribution in [0.2, 0.25) is 0 Å². The van der Waals surface area contributed by atoms with Crippen LogP contribution >= 0.6 is 31.9 Å². The van der Waals surface area contributed by atoms with E-state index >= 15 is 0 Å². The number of hydrogen-bond donors (Lipinski definition) is 0. The maximum atomic E-state index is 11.6. The van der Waals surface area contributed by atoms with Crippen LogP contribution in [0.15, 0.2) is 50.1 Å². The van der Waals surface area contributed by atoms with E-state index in [1.165, 1.54) is 10.1 Å². The van der Waals surface area contributed by atoms with E-state index < -0.39 is 0 Å². The SMILES string of the molecule is Cc1cccc(C(Br)c2ccc3c(c2)oc(=O)n3C)c1Br. The summed E-state index contributed by atoms with van der Waals surface area (Å²) in [4.78, 5) is 11.6. The van der Waals surface area contributed by atoms with Gasteiger partial charge in [-0.25, -0.2) is 4.79 Å². The Kier molecular flexibility index (Phi) is 3.80. The highest BCUT2D eigenvalue weighted by atomic mass is 79.9. The first kappa shape index (κ1) is 14.6. The van der Waals surface area contributed by atoms with Crippen LogP contribution < -0.4 is 5.76 Å². The number of halogens is 2. The zero-order chi connectivity index (χ0) is 15.1. The number of alkyl halides is 1. The fourth-order valence-electron chi connectivity index (χ4n) is 2.35. The van der Waals surface area contributed by atoms with Crippen molar-refractivity contribution in [1.29, 1.82) is 0 Å². The number of benzene rings is 2. The molecule has 5 heteroatoms. The molecule has 0 saturated carbocycles. The molecule has 0 aliphatic rings. The van der Waals surface area contributed by atoms with Crippen molar-refractivity contribution in [2.45, 2.75) is 11.8 Å². The van der Waals surface area contributed by atoms with Crippen LogP contribution in [0.4, 0.5) is 0 Å². The fourth-order valence-corrected chi connectivity index (χ4v) is 3.82. The second kappa shape index (κ2) is 5.46. The lowest BCUT2D eigenvalue weighted by molar-refractivity contribution is 0.528. The third kappa shape index (κ3) is 2.49. The van der Waals surface area contributed by atoms with Gasteiger partial charge in [0.2, 0.25) is 0 Å². The maximum absolute atomic E-state index is 11.6. The normalized spacial score (nSPS) is 12.8. The van der Waals surface area contributed by atoms with Crippen LogP contribution in [0, 0.1) is 6.92 Å². The quantitative estimate of drug-likeness (QED) is 0.574. The third-order valence-electron chi connectivity index (χ3n) is 3.60. The molecule has 0 amide bonds. The summed E-state index contributed by atoms with van der Waals surface area (Å²) in [6.45, 7) is 2.06. The molecule has 0 radical (unpaired) electrons. The summed E-state index contributed by atoms with van der Waals surface area (Å²) in [6, 6.07) is 12.0. The average Bonchev–Trinajstić information content (AvgIpc) is 2.76. The van der Waals surface area contributed by atoms with Crippen molar-refractivity contribution in [3.8, 4) is 0 Å². The summed E-state index contributed by atoms with van der Waals surface area (Å²) in [5.74, 6) is -0.343. The van der Waals surface area contributed by atoms with Crippen molar-refractivity contribution in [1.82, 2.24) is 4.57 Å². The Balaban J connectivity index is 2.11. The lowest BCUT2D eigenvalue weighted by Gasteiger charge is -2.14. The lowest BCUT2D eigenvalue weighted by Crippen LogP contribution is -2.08. The minimum atomic E-state index is -0.343. The van der Waals surface area contributed by atoms with Crippen LogP contribution in [0.1, 0.15) is 21.5 Å². The Hall–Kier alpha value is -1.33. The van der Waals surface area contributed by atoms with E-state index in [0.29, 0.717) is 5.58 Å². The topological polar surface area (TPSA) is 35.1 Å². The predicted octanol–water partition coefficient (Wildman–Crippen LogP) is 4.69. The first-order valence-electron chi connectivity index (χ1n) is 6.47. The van der Waals surface area contributed by atoms with Crippen molar-refractivity contribution in [2.75, 3.05) is 0 Å². The van der Waals surface area contributed by atoms with Crippen molar-refractivity contribution >= 4 is 43.0 Å². The molecule has 3 nitrogen and oxygen atoms in total. The Morgan fingerprint density at radius 1 is 1.24 bits per heavy atom. The first-order valence-corrected chi connectivity index (χ1v) is 8.18. The molecule has 3 aromatic rings. The van der Waals surface area contributed by atoms with Crippen LogP contribution in [-0.4, -0.2) is 4.57 Å². The van der Waals surface area contributed by atoms with Crippen LogP contribution in [0.5, 0.6) is 0 Å². The smallest absolute Gasteiger partial charge is 0.408 e. The zero-order valence-corrected chi connectivity index (χ0v) is 14.7. The second-order valence-corrected chi connectivity index (χ2v) is 6.70. The van der Waals surface area contributed by atoms with E-state index in [4.69, 9.17) is 4.42 Å². The van der Waals surface area contributed by atoms with Gasteiger partial charge in [0, 0.05) is 11.5 Å². The summed E-state index contributed by atoms with van der Waals surface area (Å²) in [5.41, 5.74) is 4.78. The number of fused-ring (bicyclic) bond motifs is 1. The van der Waals surface area contributed by atoms with E-state index in [9.17, 15) is 4.79 Å². The summed E-state index contributed by atoms with van der Waals surface area (Å²) < 4.78 is 7.84. The van der Waals surface area contributed by atoms with Gasteiger partial charge in [0.1, 0.15) is 0 Å². The van der Waals surface area contributed by atoms with Gasteiger partial charge in [-0.15, -0.1) is 0 Å². The highest BCUT2D eigenvalue weighted by Gasteiger charge is 2.16. The van der Waals surface area contributed by atoms with E-state index in [0.717, 1.165) is 21.1 Å². The Morgan fingerprint density at radius 2 is 2.00 bits per heavy atom. The molecule has 0 bridgehead atoms. The monoisotopic (exact) mass is 409 g/mol. The number of aryl methyl sites for hydroxylation is 2. The maximum Gasteiger partial charge on any atom is 0.419 e. The highest BCUT2D eigenvalue weighted by Crippen LogP contribution is 2.37. The van der Waals surface area contributed by atoms with Gasteiger partial charge in [-0.2, -0.15) is 0 Å². The number of hydrogen-bond acceptors (Lipinski definition) is 2. The molecular formula is C16H13Br2NO2. The van der Waals surface area contributed by atoms with Gasteiger partial charge in [0.05, 0.1) is 10.3 Å².